The molecule has 4 rings (SSSR count). The fourth-order valence-corrected chi connectivity index (χ4v) is 5.91. The van der Waals surface area contributed by atoms with E-state index in [1.165, 1.54) is 11.8 Å². The number of pyridine rings is 1. The lowest BCUT2D eigenvalue weighted by Crippen LogP contribution is -2.46. The van der Waals surface area contributed by atoms with Crippen molar-refractivity contribution in [3.63, 3.8) is 0 Å². The molecule has 1 unspecified atom stereocenters. The van der Waals surface area contributed by atoms with Gasteiger partial charge in [-0.15, -0.1) is 11.8 Å². The highest BCUT2D eigenvalue weighted by atomic mass is 32.2. The molecular formula is C29H39N7O4S. The van der Waals surface area contributed by atoms with Crippen LogP contribution < -0.4 is 10.2 Å². The Balaban J connectivity index is 1.46. The second-order valence-electron chi connectivity index (χ2n) is 11.7. The van der Waals surface area contributed by atoms with Gasteiger partial charge >= 0.3 is 6.09 Å². The summed E-state index contributed by atoms with van der Waals surface area (Å²) < 4.78 is 18.8. The number of carbonyl (C=O) groups excluding carboxylic acids is 1. The van der Waals surface area contributed by atoms with Crippen molar-refractivity contribution < 1.29 is 19.0 Å². The Morgan fingerprint density at radius 1 is 1.37 bits per heavy atom. The molecule has 1 N–H and O–H groups in total. The van der Waals surface area contributed by atoms with Crippen LogP contribution in [0.4, 0.5) is 16.3 Å². The van der Waals surface area contributed by atoms with E-state index in [0.29, 0.717) is 73.4 Å². The van der Waals surface area contributed by atoms with Crippen molar-refractivity contribution in [1.29, 1.82) is 5.26 Å². The lowest BCUT2D eigenvalue weighted by Gasteiger charge is -2.34. The van der Waals surface area contributed by atoms with Gasteiger partial charge in [0.1, 0.15) is 28.6 Å². The Bertz CT molecular complexity index is 1330. The summed E-state index contributed by atoms with van der Waals surface area (Å²) in [5.41, 5.74) is 2.06. The van der Waals surface area contributed by atoms with Crippen LogP contribution in [0.1, 0.15) is 71.1 Å². The number of aromatic nitrogens is 3. The molecule has 11 nitrogen and oxygen atoms in total. The third-order valence-electron chi connectivity index (χ3n) is 6.83. The number of ether oxygens (including phenoxy) is 3. The predicted octanol–water partition coefficient (Wildman–Crippen LogP) is 5.20. The normalized spacial score (nSPS) is 19.0. The number of anilines is 1. The van der Waals surface area contributed by atoms with Crippen molar-refractivity contribution >= 4 is 29.4 Å². The van der Waals surface area contributed by atoms with E-state index in [1.54, 1.807) is 0 Å². The molecule has 0 bridgehead atoms. The highest BCUT2D eigenvalue weighted by molar-refractivity contribution is 7.98. The van der Waals surface area contributed by atoms with Gasteiger partial charge in [0, 0.05) is 36.6 Å². The second-order valence-corrected chi connectivity index (χ2v) is 12.7. The first-order chi connectivity index (χ1) is 19.4. The molecule has 2 fully saturated rings. The molecule has 12 heteroatoms. The maximum atomic E-state index is 12.2. The predicted molar refractivity (Wildman–Crippen MR) is 156 cm³/mol. The minimum Gasteiger partial charge on any atom is -0.444 e. The van der Waals surface area contributed by atoms with Crippen LogP contribution in [0.2, 0.25) is 0 Å². The van der Waals surface area contributed by atoms with E-state index in [9.17, 15) is 10.1 Å². The minimum atomic E-state index is -0.577. The van der Waals surface area contributed by atoms with Crippen LogP contribution in [0.15, 0.2) is 17.4 Å². The van der Waals surface area contributed by atoms with Gasteiger partial charge in [-0.1, -0.05) is 6.92 Å². The molecule has 2 aromatic heterocycles. The van der Waals surface area contributed by atoms with E-state index in [2.05, 4.69) is 26.2 Å². The first-order valence-electron chi connectivity index (χ1n) is 14.0. The van der Waals surface area contributed by atoms with Crippen LogP contribution in [0, 0.1) is 17.9 Å². The summed E-state index contributed by atoms with van der Waals surface area (Å²) in [6.45, 7) is 21.6. The first-order valence-corrected chi connectivity index (χ1v) is 14.9. The van der Waals surface area contributed by atoms with Gasteiger partial charge in [0.05, 0.1) is 31.5 Å². The number of nitrogens with zero attached hydrogens (tertiary/aromatic N) is 6. The molecule has 0 aliphatic carbocycles. The maximum absolute atomic E-state index is 12.2. The third kappa shape index (κ3) is 7.91. The summed E-state index contributed by atoms with van der Waals surface area (Å²) in [5.74, 6) is 0.606. The number of hydrogen-bond acceptors (Lipinski definition) is 9. The minimum absolute atomic E-state index is 0.0147. The number of carbonyl (C=O) groups is 1. The molecule has 2 aliphatic heterocycles. The standard InChI is InChI=1S/C29H39N7O4S/c1-8-22-23(13-30)26(41-18-19-14-32-36(15-19)16-21-17-38-29(5,6)39-21)34-25(24(22)31-7)35-11-9-20(10-12-35)33-27(37)40-28(2,3)4/h14-15,20-21H,8-12,16-18H2,1-6H3,(H,33,37). The average Bonchev–Trinajstić information content (AvgIpc) is 3.50. The number of amides is 1. The molecular weight excluding hydrogens is 542 g/mol. The lowest BCUT2D eigenvalue weighted by atomic mass is 10.0. The Morgan fingerprint density at radius 3 is 2.68 bits per heavy atom. The van der Waals surface area contributed by atoms with Crippen molar-refractivity contribution in [2.75, 3.05) is 24.6 Å². The van der Waals surface area contributed by atoms with Crippen molar-refractivity contribution in [3.8, 4) is 6.07 Å². The van der Waals surface area contributed by atoms with Crippen LogP contribution in [-0.4, -0.2) is 64.1 Å². The lowest BCUT2D eigenvalue weighted by molar-refractivity contribution is -0.139. The second kappa shape index (κ2) is 12.7. The van der Waals surface area contributed by atoms with E-state index >= 15 is 0 Å². The van der Waals surface area contributed by atoms with Crippen molar-refractivity contribution in [1.82, 2.24) is 20.1 Å². The Labute approximate surface area is 246 Å². The van der Waals surface area contributed by atoms with Crippen LogP contribution in [-0.2, 0) is 32.9 Å². The number of alkyl carbamates (subject to hydrolysis) is 1. The van der Waals surface area contributed by atoms with Crippen LogP contribution in [0.5, 0.6) is 0 Å². The molecule has 0 radical (unpaired) electrons. The Kier molecular flexibility index (Phi) is 9.48. The number of rotatable bonds is 8. The van der Waals surface area contributed by atoms with E-state index in [-0.39, 0.29) is 12.1 Å². The third-order valence-corrected chi connectivity index (χ3v) is 7.88. The number of piperidine rings is 1. The van der Waals surface area contributed by atoms with Gasteiger partial charge in [-0.25, -0.2) is 14.6 Å². The number of hydrogen-bond donors (Lipinski definition) is 1. The maximum Gasteiger partial charge on any atom is 0.407 e. The first kappa shape index (κ1) is 30.6. The van der Waals surface area contributed by atoms with E-state index in [4.69, 9.17) is 25.8 Å². The molecule has 2 saturated heterocycles. The SMILES string of the molecule is [C-]#[N+]c1c(N2CCC(NC(=O)OC(C)(C)C)CC2)nc(SCc2cnn(CC3COC(C)(C)O3)c2)c(C#N)c1CC. The van der Waals surface area contributed by atoms with E-state index in [1.807, 2.05) is 58.6 Å². The number of nitriles is 1. The molecule has 41 heavy (non-hydrogen) atoms. The zero-order valence-electron chi connectivity index (χ0n) is 24.7. The summed E-state index contributed by atoms with van der Waals surface area (Å²) in [5, 5.41) is 18.1. The summed E-state index contributed by atoms with van der Waals surface area (Å²) in [6, 6.07) is 2.29. The van der Waals surface area contributed by atoms with Gasteiger partial charge in [-0.05, 0) is 59.4 Å². The Hall–Kier alpha value is -3.32. The fourth-order valence-electron chi connectivity index (χ4n) is 4.99. The van der Waals surface area contributed by atoms with Crippen LogP contribution in [0.25, 0.3) is 4.85 Å². The highest BCUT2D eigenvalue weighted by Crippen LogP contribution is 2.39. The smallest absolute Gasteiger partial charge is 0.407 e. The van der Waals surface area contributed by atoms with Crippen molar-refractivity contribution in [2.45, 2.75) is 102 Å². The molecule has 0 saturated carbocycles. The van der Waals surface area contributed by atoms with Crippen molar-refractivity contribution in [2.24, 2.45) is 0 Å². The van der Waals surface area contributed by atoms with Gasteiger partial charge < -0.3 is 24.4 Å². The van der Waals surface area contributed by atoms with Gasteiger partial charge in [0.15, 0.2) is 5.79 Å². The molecule has 220 valence electrons. The highest BCUT2D eigenvalue weighted by Gasteiger charge is 2.33. The van der Waals surface area contributed by atoms with E-state index in [0.717, 1.165) is 11.1 Å². The fraction of sp³-hybridized carbons (Fsp3) is 0.621. The van der Waals surface area contributed by atoms with Crippen LogP contribution in [0.3, 0.4) is 0 Å². The molecule has 4 heterocycles. The molecule has 1 atom stereocenters. The molecule has 0 spiro atoms. The summed E-state index contributed by atoms with van der Waals surface area (Å²) in [7, 11) is 0. The summed E-state index contributed by atoms with van der Waals surface area (Å²) in [6.07, 6.45) is 5.28. The quantitative estimate of drug-likeness (QED) is 0.331. The summed E-state index contributed by atoms with van der Waals surface area (Å²) in [4.78, 5) is 23.0. The van der Waals surface area contributed by atoms with Gasteiger partial charge in [-0.2, -0.15) is 10.4 Å². The summed E-state index contributed by atoms with van der Waals surface area (Å²) >= 11 is 1.48. The monoisotopic (exact) mass is 581 g/mol. The molecule has 1 amide bonds. The van der Waals surface area contributed by atoms with Crippen molar-refractivity contribution in [3.05, 3.63) is 40.5 Å². The number of thioether (sulfide) groups is 1. The zero-order valence-corrected chi connectivity index (χ0v) is 25.5. The number of nitrogens with one attached hydrogen (secondary N) is 1. The molecule has 2 aromatic rings. The molecule has 0 aromatic carbocycles. The van der Waals surface area contributed by atoms with Crippen LogP contribution >= 0.6 is 11.8 Å². The zero-order chi connectivity index (χ0) is 29.8. The van der Waals surface area contributed by atoms with Gasteiger partial charge in [0.25, 0.3) is 0 Å². The average molecular weight is 582 g/mol. The Morgan fingerprint density at radius 2 is 2.10 bits per heavy atom. The topological polar surface area (TPSA) is 119 Å². The largest absolute Gasteiger partial charge is 0.444 e. The van der Waals surface area contributed by atoms with Gasteiger partial charge in [-0.3, -0.25) is 4.68 Å². The van der Waals surface area contributed by atoms with E-state index < -0.39 is 17.5 Å². The van der Waals surface area contributed by atoms with Gasteiger partial charge in [0.2, 0.25) is 5.69 Å². The molecule has 2 aliphatic rings.